The molecule has 1 atom stereocenters. The van der Waals surface area contributed by atoms with Crippen molar-refractivity contribution in [3.8, 4) is 0 Å². The molecule has 0 saturated carbocycles. The molecule has 2 amide bonds. The average molecular weight is 401 g/mol. The van der Waals surface area contributed by atoms with Crippen molar-refractivity contribution in [3.05, 3.63) is 70.7 Å². The average Bonchev–Trinajstić information content (AvgIpc) is 2.62. The highest BCUT2D eigenvalue weighted by Gasteiger charge is 2.30. The maximum atomic E-state index is 13.2. The van der Waals surface area contributed by atoms with Crippen molar-refractivity contribution in [1.29, 1.82) is 0 Å². The standard InChI is InChI=1S/C23H29ClN2O2/c1-5-20(22(28)25-23(2,3)4)26(16-18-11-13-19(24)14-12-18)21(27)15-17-9-7-6-8-10-17/h6-14,20H,5,15-16H2,1-4H3,(H,25,28)/t20-/m0/s1. The van der Waals surface area contributed by atoms with Gasteiger partial charge in [-0.05, 0) is 50.5 Å². The number of rotatable bonds is 7. The van der Waals surface area contributed by atoms with Crippen molar-refractivity contribution in [2.45, 2.75) is 58.7 Å². The highest BCUT2D eigenvalue weighted by Crippen LogP contribution is 2.17. The van der Waals surface area contributed by atoms with Crippen LogP contribution in [0.15, 0.2) is 54.6 Å². The minimum atomic E-state index is -0.536. The molecule has 0 radical (unpaired) electrons. The molecule has 150 valence electrons. The van der Waals surface area contributed by atoms with Gasteiger partial charge in [0.1, 0.15) is 6.04 Å². The molecule has 0 spiro atoms. The quantitative estimate of drug-likeness (QED) is 0.738. The number of halogens is 1. The van der Waals surface area contributed by atoms with E-state index in [2.05, 4.69) is 5.32 Å². The molecule has 4 nitrogen and oxygen atoms in total. The van der Waals surface area contributed by atoms with Gasteiger partial charge in [0.05, 0.1) is 6.42 Å². The monoisotopic (exact) mass is 400 g/mol. The lowest BCUT2D eigenvalue weighted by Crippen LogP contribution is -2.53. The topological polar surface area (TPSA) is 49.4 Å². The lowest BCUT2D eigenvalue weighted by atomic mass is 10.0. The summed E-state index contributed by atoms with van der Waals surface area (Å²) in [7, 11) is 0. The van der Waals surface area contributed by atoms with Crippen molar-refractivity contribution in [2.24, 2.45) is 0 Å². The summed E-state index contributed by atoms with van der Waals surface area (Å²) in [5.74, 6) is -0.206. The van der Waals surface area contributed by atoms with Crippen LogP contribution in [0.5, 0.6) is 0 Å². The van der Waals surface area contributed by atoms with E-state index in [1.807, 2.05) is 70.2 Å². The fourth-order valence-electron chi connectivity index (χ4n) is 3.03. The maximum absolute atomic E-state index is 13.2. The summed E-state index contributed by atoms with van der Waals surface area (Å²) in [5.41, 5.74) is 1.51. The Morgan fingerprint density at radius 3 is 2.14 bits per heavy atom. The molecule has 0 aliphatic heterocycles. The van der Waals surface area contributed by atoms with Crippen LogP contribution >= 0.6 is 11.6 Å². The van der Waals surface area contributed by atoms with Crippen molar-refractivity contribution in [1.82, 2.24) is 10.2 Å². The van der Waals surface area contributed by atoms with E-state index < -0.39 is 6.04 Å². The summed E-state index contributed by atoms with van der Waals surface area (Å²) in [6.07, 6.45) is 0.795. The Balaban J connectivity index is 2.28. The fraction of sp³-hybridized carbons (Fsp3) is 0.391. The molecule has 0 bridgehead atoms. The first kappa shape index (κ1) is 22.0. The van der Waals surface area contributed by atoms with Crippen LogP contribution in [-0.4, -0.2) is 28.3 Å². The zero-order chi connectivity index (χ0) is 20.7. The Hall–Kier alpha value is -2.33. The first-order chi connectivity index (χ1) is 13.2. The van der Waals surface area contributed by atoms with Crippen LogP contribution in [0.3, 0.4) is 0 Å². The molecular formula is C23H29ClN2O2. The second-order valence-electron chi connectivity index (χ2n) is 7.97. The minimum Gasteiger partial charge on any atom is -0.350 e. The van der Waals surface area contributed by atoms with Gasteiger partial charge in [-0.2, -0.15) is 0 Å². The Bertz CT molecular complexity index is 782. The molecule has 0 saturated heterocycles. The zero-order valence-electron chi connectivity index (χ0n) is 17.0. The van der Waals surface area contributed by atoms with E-state index in [0.29, 0.717) is 18.0 Å². The van der Waals surface area contributed by atoms with E-state index in [1.54, 1.807) is 17.0 Å². The molecule has 0 fully saturated rings. The summed E-state index contributed by atoms with van der Waals surface area (Å²) >= 11 is 5.99. The largest absolute Gasteiger partial charge is 0.350 e. The molecule has 0 unspecified atom stereocenters. The predicted molar refractivity (Wildman–Crippen MR) is 114 cm³/mol. The van der Waals surface area contributed by atoms with Gasteiger partial charge in [-0.1, -0.05) is 61.0 Å². The number of hydrogen-bond donors (Lipinski definition) is 1. The molecule has 2 aromatic carbocycles. The normalized spacial score (nSPS) is 12.3. The van der Waals surface area contributed by atoms with E-state index in [4.69, 9.17) is 11.6 Å². The number of nitrogens with zero attached hydrogens (tertiary/aromatic N) is 1. The highest BCUT2D eigenvalue weighted by molar-refractivity contribution is 6.30. The van der Waals surface area contributed by atoms with Gasteiger partial charge < -0.3 is 10.2 Å². The Morgan fingerprint density at radius 1 is 1.00 bits per heavy atom. The van der Waals surface area contributed by atoms with Crippen LogP contribution in [0.2, 0.25) is 5.02 Å². The van der Waals surface area contributed by atoms with Crippen molar-refractivity contribution >= 4 is 23.4 Å². The lowest BCUT2D eigenvalue weighted by molar-refractivity contribution is -0.141. The van der Waals surface area contributed by atoms with Crippen LogP contribution in [-0.2, 0) is 22.6 Å². The van der Waals surface area contributed by atoms with Crippen LogP contribution in [0.4, 0.5) is 0 Å². The van der Waals surface area contributed by atoms with Crippen molar-refractivity contribution in [3.63, 3.8) is 0 Å². The van der Waals surface area contributed by atoms with E-state index in [1.165, 1.54) is 0 Å². The first-order valence-corrected chi connectivity index (χ1v) is 9.97. The molecule has 5 heteroatoms. The van der Waals surface area contributed by atoms with Gasteiger partial charge in [0.15, 0.2) is 0 Å². The van der Waals surface area contributed by atoms with E-state index in [9.17, 15) is 9.59 Å². The van der Waals surface area contributed by atoms with Gasteiger partial charge in [-0.25, -0.2) is 0 Å². The number of nitrogens with one attached hydrogen (secondary N) is 1. The van der Waals surface area contributed by atoms with Crippen LogP contribution in [0.1, 0.15) is 45.2 Å². The fourth-order valence-corrected chi connectivity index (χ4v) is 3.16. The summed E-state index contributed by atoms with van der Waals surface area (Å²) in [4.78, 5) is 27.8. The zero-order valence-corrected chi connectivity index (χ0v) is 17.8. The molecule has 1 N–H and O–H groups in total. The van der Waals surface area contributed by atoms with E-state index in [0.717, 1.165) is 11.1 Å². The Morgan fingerprint density at radius 2 is 1.61 bits per heavy atom. The van der Waals surface area contributed by atoms with Gasteiger partial charge in [-0.15, -0.1) is 0 Å². The number of carbonyl (C=O) groups excluding carboxylic acids is 2. The van der Waals surface area contributed by atoms with Crippen molar-refractivity contribution < 1.29 is 9.59 Å². The van der Waals surface area contributed by atoms with Gasteiger partial charge in [0, 0.05) is 17.1 Å². The van der Waals surface area contributed by atoms with Crippen LogP contribution in [0.25, 0.3) is 0 Å². The summed E-state index contributed by atoms with van der Waals surface area (Å²) in [6, 6.07) is 16.4. The van der Waals surface area contributed by atoms with Gasteiger partial charge >= 0.3 is 0 Å². The van der Waals surface area contributed by atoms with Gasteiger partial charge in [0.25, 0.3) is 0 Å². The number of carbonyl (C=O) groups is 2. The molecular weight excluding hydrogens is 372 g/mol. The van der Waals surface area contributed by atoms with Gasteiger partial charge in [0.2, 0.25) is 11.8 Å². The molecule has 0 heterocycles. The third-order valence-electron chi connectivity index (χ3n) is 4.35. The third-order valence-corrected chi connectivity index (χ3v) is 4.60. The second kappa shape index (κ2) is 9.74. The van der Waals surface area contributed by atoms with Gasteiger partial charge in [-0.3, -0.25) is 9.59 Å². The highest BCUT2D eigenvalue weighted by atomic mass is 35.5. The summed E-state index contributed by atoms with van der Waals surface area (Å²) in [6.45, 7) is 8.10. The summed E-state index contributed by atoms with van der Waals surface area (Å²) < 4.78 is 0. The maximum Gasteiger partial charge on any atom is 0.243 e. The Labute approximate surface area is 172 Å². The third kappa shape index (κ3) is 6.68. The van der Waals surface area contributed by atoms with Crippen molar-refractivity contribution in [2.75, 3.05) is 0 Å². The van der Waals surface area contributed by atoms with Crippen LogP contribution in [0, 0.1) is 0 Å². The van der Waals surface area contributed by atoms with Crippen LogP contribution < -0.4 is 5.32 Å². The molecule has 2 rings (SSSR count). The second-order valence-corrected chi connectivity index (χ2v) is 8.41. The molecule has 0 aliphatic carbocycles. The molecule has 28 heavy (non-hydrogen) atoms. The molecule has 0 aliphatic rings. The smallest absolute Gasteiger partial charge is 0.243 e. The lowest BCUT2D eigenvalue weighted by Gasteiger charge is -2.33. The SMILES string of the molecule is CC[C@@H](C(=O)NC(C)(C)C)N(Cc1ccc(Cl)cc1)C(=O)Cc1ccccc1. The first-order valence-electron chi connectivity index (χ1n) is 9.59. The summed E-state index contributed by atoms with van der Waals surface area (Å²) in [5, 5.41) is 3.65. The van der Waals surface area contributed by atoms with E-state index >= 15 is 0 Å². The number of hydrogen-bond acceptors (Lipinski definition) is 2. The predicted octanol–water partition coefficient (Wildman–Crippen LogP) is 4.60. The molecule has 0 aromatic heterocycles. The molecule has 2 aromatic rings. The minimum absolute atomic E-state index is 0.0722. The number of benzene rings is 2. The number of amides is 2. The van der Waals surface area contributed by atoms with E-state index in [-0.39, 0.29) is 23.8 Å². The Kier molecular flexibility index (Phi) is 7.64.